The first-order chi connectivity index (χ1) is 31.1. The summed E-state index contributed by atoms with van der Waals surface area (Å²) in [6.45, 7) is 2.17. The number of imidazole rings is 2. The number of H-pyrrole nitrogens is 2. The third kappa shape index (κ3) is 7.33. The summed E-state index contributed by atoms with van der Waals surface area (Å²) >= 11 is 0. The van der Waals surface area contributed by atoms with Crippen LogP contribution in [0.2, 0.25) is 0 Å². The molecule has 16 nitrogen and oxygen atoms in total. The first kappa shape index (κ1) is 40.8. The molecular weight excluding hydrogens is 817 g/mol. The van der Waals surface area contributed by atoms with Crippen molar-refractivity contribution in [2.24, 2.45) is 23.7 Å². The van der Waals surface area contributed by atoms with Gasteiger partial charge in [0.25, 0.3) is 0 Å². The summed E-state index contributed by atoms with van der Waals surface area (Å²) < 4.78 is 16.0. The van der Waals surface area contributed by atoms with Gasteiger partial charge in [0, 0.05) is 57.3 Å². The average molecular weight is 871 g/mol. The second kappa shape index (κ2) is 16.2. The smallest absolute Gasteiger partial charge is 0.407 e. The minimum atomic E-state index is -1.10. The van der Waals surface area contributed by atoms with E-state index in [2.05, 4.69) is 63.8 Å². The number of aromatic nitrogens is 4. The molecule has 0 radical (unpaired) electrons. The van der Waals surface area contributed by atoms with Gasteiger partial charge in [-0.25, -0.2) is 19.6 Å². The maximum Gasteiger partial charge on any atom is 0.407 e. The second-order valence-electron chi connectivity index (χ2n) is 18.8. The van der Waals surface area contributed by atoms with Gasteiger partial charge in [-0.3, -0.25) is 14.5 Å². The molecule has 2 saturated carbocycles. The summed E-state index contributed by atoms with van der Waals surface area (Å²) in [4.78, 5) is 75.4. The highest BCUT2D eigenvalue weighted by Crippen LogP contribution is 2.55. The SMILES string of the molecule is COC(=O)N[C@H](C(=O)N1[C@@H]2C[C@@H]2C[C@H]1c1nc2cc(-c3ccc4cc(-c5c[nH]c([C@@H]6C[C@H]7C[C@H]7N6C(=O)[C@H](C6CCOCC6)N(C)C(=O)O)n5)ccc4c3)ccc2[nH]1)C1CCOCC1. The zero-order valence-corrected chi connectivity index (χ0v) is 36.1. The molecular formula is C48H54N8O8. The topological polar surface area (TPSA) is 195 Å². The van der Waals surface area contributed by atoms with Crippen molar-refractivity contribution in [1.29, 1.82) is 0 Å². The van der Waals surface area contributed by atoms with Crippen LogP contribution in [-0.4, -0.2) is 128 Å². The number of hydrogen-bond acceptors (Lipinski definition) is 9. The zero-order valence-electron chi connectivity index (χ0n) is 36.1. The Balaban J connectivity index is 0.808. The third-order valence-electron chi connectivity index (χ3n) is 15.1. The fraction of sp³-hybridized carbons (Fsp3) is 0.500. The third-order valence-corrected chi connectivity index (χ3v) is 15.1. The summed E-state index contributed by atoms with van der Waals surface area (Å²) in [6.07, 6.45) is 6.43. The van der Waals surface area contributed by atoms with Gasteiger partial charge in [0.1, 0.15) is 23.7 Å². The number of fused-ring (bicyclic) bond motifs is 4. The Hall–Kier alpha value is -6.00. The van der Waals surface area contributed by atoms with Crippen LogP contribution in [0.1, 0.15) is 75.1 Å². The second-order valence-corrected chi connectivity index (χ2v) is 18.8. The molecule has 6 heterocycles. The van der Waals surface area contributed by atoms with Crippen molar-refractivity contribution in [3.05, 3.63) is 72.4 Å². The van der Waals surface area contributed by atoms with Gasteiger partial charge in [0.15, 0.2) is 0 Å². The Morgan fingerprint density at radius 2 is 1.36 bits per heavy atom. The lowest BCUT2D eigenvalue weighted by atomic mass is 9.89. The Labute approximate surface area is 370 Å². The van der Waals surface area contributed by atoms with E-state index in [0.717, 1.165) is 81.5 Å². The molecule has 8 atom stereocenters. The Bertz CT molecular complexity index is 2630. The minimum Gasteiger partial charge on any atom is -0.465 e. The average Bonchev–Trinajstić information content (AvgIpc) is 3.94. The summed E-state index contributed by atoms with van der Waals surface area (Å²) in [6, 6.07) is 17.3. The van der Waals surface area contributed by atoms with Crippen molar-refractivity contribution in [3.63, 3.8) is 0 Å². The number of aromatic amines is 2. The number of likely N-dealkylation sites (tertiary alicyclic amines) is 2. The highest BCUT2D eigenvalue weighted by molar-refractivity contribution is 5.92. The number of methoxy groups -OCH3 is 1. The van der Waals surface area contributed by atoms with Crippen LogP contribution in [0.3, 0.4) is 0 Å². The molecule has 4 N–H and O–H groups in total. The van der Waals surface area contributed by atoms with Crippen molar-refractivity contribution in [3.8, 4) is 22.4 Å². The number of nitrogens with zero attached hydrogens (tertiary/aromatic N) is 5. The lowest BCUT2D eigenvalue weighted by Crippen LogP contribution is -2.54. The van der Waals surface area contributed by atoms with Gasteiger partial charge >= 0.3 is 12.2 Å². The number of carboxylic acid groups (broad SMARTS) is 1. The molecule has 0 unspecified atom stereocenters. The van der Waals surface area contributed by atoms with Crippen molar-refractivity contribution in [2.75, 3.05) is 40.6 Å². The number of amides is 4. The molecule has 334 valence electrons. The number of rotatable bonds is 10. The molecule has 3 aromatic carbocycles. The van der Waals surface area contributed by atoms with Crippen LogP contribution in [-0.2, 0) is 23.8 Å². The van der Waals surface area contributed by atoms with Crippen molar-refractivity contribution in [1.82, 2.24) is 40.0 Å². The monoisotopic (exact) mass is 870 g/mol. The first-order valence-corrected chi connectivity index (χ1v) is 22.8. The highest BCUT2D eigenvalue weighted by Gasteiger charge is 2.58. The van der Waals surface area contributed by atoms with Crippen LogP contribution >= 0.6 is 0 Å². The lowest BCUT2D eigenvalue weighted by molar-refractivity contribution is -0.141. The van der Waals surface area contributed by atoms with Gasteiger partial charge in [0.2, 0.25) is 11.8 Å². The predicted octanol–water partition coefficient (Wildman–Crippen LogP) is 6.65. The van der Waals surface area contributed by atoms with E-state index in [0.29, 0.717) is 63.9 Å². The Kier molecular flexibility index (Phi) is 10.3. The number of likely N-dealkylation sites (N-methyl/N-ethyl adjacent to an activating group) is 1. The van der Waals surface area contributed by atoms with Crippen LogP contribution in [0.25, 0.3) is 44.2 Å². The fourth-order valence-corrected chi connectivity index (χ4v) is 11.4. The van der Waals surface area contributed by atoms with E-state index in [4.69, 9.17) is 24.2 Å². The van der Waals surface area contributed by atoms with Gasteiger partial charge in [-0.1, -0.05) is 30.3 Å². The van der Waals surface area contributed by atoms with Crippen molar-refractivity contribution >= 4 is 45.8 Å². The van der Waals surface area contributed by atoms with Gasteiger partial charge < -0.3 is 44.4 Å². The van der Waals surface area contributed by atoms with Crippen molar-refractivity contribution < 1.29 is 38.5 Å². The van der Waals surface area contributed by atoms with Crippen LogP contribution in [0, 0.1) is 23.7 Å². The van der Waals surface area contributed by atoms with E-state index >= 15 is 0 Å². The van der Waals surface area contributed by atoms with Crippen LogP contribution in [0.4, 0.5) is 9.59 Å². The molecule has 0 bridgehead atoms. The van der Waals surface area contributed by atoms with Crippen molar-refractivity contribution in [2.45, 2.75) is 87.6 Å². The van der Waals surface area contributed by atoms with Gasteiger partial charge in [-0.05, 0) is 121 Å². The Morgan fingerprint density at radius 1 is 0.766 bits per heavy atom. The van der Waals surface area contributed by atoms with E-state index < -0.39 is 24.3 Å². The number of carbonyl (C=O) groups excluding carboxylic acids is 3. The number of alkyl carbamates (subject to hydrolysis) is 1. The van der Waals surface area contributed by atoms with E-state index in [-0.39, 0.29) is 47.8 Å². The van der Waals surface area contributed by atoms with Gasteiger partial charge in [-0.15, -0.1) is 0 Å². The first-order valence-electron chi connectivity index (χ1n) is 22.8. The molecule has 6 fully saturated rings. The van der Waals surface area contributed by atoms with E-state index in [9.17, 15) is 24.3 Å². The molecule has 16 heteroatoms. The number of carbonyl (C=O) groups is 4. The van der Waals surface area contributed by atoms with E-state index in [1.807, 2.05) is 22.1 Å². The molecule has 2 aliphatic carbocycles. The zero-order chi connectivity index (χ0) is 43.8. The quantitative estimate of drug-likeness (QED) is 0.118. The molecule has 2 aromatic heterocycles. The van der Waals surface area contributed by atoms with Crippen LogP contribution in [0.5, 0.6) is 0 Å². The molecule has 4 aliphatic heterocycles. The number of piperidine rings is 2. The lowest BCUT2D eigenvalue weighted by Gasteiger charge is -2.38. The fourth-order valence-electron chi connectivity index (χ4n) is 11.4. The summed E-state index contributed by atoms with van der Waals surface area (Å²) in [5.41, 5.74) is 5.55. The standard InChI is InChI=1S/C48H54N8O8/c1-54(48(60)61)42(26-11-15-64-16-12-26)46(58)56-38-21-32(38)22-39(56)43-49-24-36(52-43)31-6-5-27-17-28(3-4-29(27)18-31)30-7-8-34-35(19-30)51-44(50-34)40-23-33-20-37(33)55(40)45(57)41(53-47(59)62-2)25-9-13-63-14-10-25/h3-8,17-19,24-26,32-33,37-42H,9-16,20-23H2,1-2H3,(H,49,52)(H,50,51)(H,53,59)(H,60,61)/t32-,33-,37-,38-,39+,40+,41+,42+/m1/s1. The number of hydrogen-bond donors (Lipinski definition) is 4. The largest absolute Gasteiger partial charge is 0.465 e. The summed E-state index contributed by atoms with van der Waals surface area (Å²) in [7, 11) is 2.83. The molecule has 11 rings (SSSR count). The molecule has 4 amide bonds. The molecule has 0 spiro atoms. The maximum atomic E-state index is 14.3. The summed E-state index contributed by atoms with van der Waals surface area (Å²) in [5, 5.41) is 15.0. The molecule has 4 saturated heterocycles. The number of nitrogens with one attached hydrogen (secondary N) is 3. The van der Waals surface area contributed by atoms with Gasteiger partial charge in [-0.2, -0.15) is 0 Å². The minimum absolute atomic E-state index is 0.0293. The molecule has 5 aromatic rings. The van der Waals surface area contributed by atoms with E-state index in [1.54, 1.807) is 0 Å². The van der Waals surface area contributed by atoms with Gasteiger partial charge in [0.05, 0.1) is 35.9 Å². The van der Waals surface area contributed by atoms with Crippen LogP contribution in [0.15, 0.2) is 60.8 Å². The maximum absolute atomic E-state index is 14.3. The Morgan fingerprint density at radius 3 is 2.03 bits per heavy atom. The highest BCUT2D eigenvalue weighted by atomic mass is 16.5. The number of benzene rings is 3. The molecule has 6 aliphatic rings. The molecule has 64 heavy (non-hydrogen) atoms. The predicted molar refractivity (Wildman–Crippen MR) is 235 cm³/mol. The van der Waals surface area contributed by atoms with E-state index in [1.165, 1.54) is 19.1 Å². The normalized spacial score (nSPS) is 26.3. The number of ether oxygens (including phenoxy) is 3. The van der Waals surface area contributed by atoms with Crippen LogP contribution < -0.4 is 5.32 Å². The summed E-state index contributed by atoms with van der Waals surface area (Å²) in [5.74, 6) is 1.98.